The molecular weight excluding hydrogens is 262 g/mol. The third-order valence-corrected chi connectivity index (χ3v) is 4.57. The van der Waals surface area contributed by atoms with Gasteiger partial charge in [0.25, 0.3) is 10.0 Å². The summed E-state index contributed by atoms with van der Waals surface area (Å²) in [7, 11) is -3.69. The Labute approximate surface area is 112 Å². The number of hydrogen-bond donors (Lipinski definition) is 1. The maximum absolute atomic E-state index is 12.5. The SMILES string of the molecule is C=CC(O)c1cccn1S(=O)(=O)c1ccc(C)cc1. The molecule has 0 aliphatic heterocycles. The number of rotatable bonds is 4. The summed E-state index contributed by atoms with van der Waals surface area (Å²) in [6.07, 6.45) is 1.68. The molecule has 5 heteroatoms. The summed E-state index contributed by atoms with van der Waals surface area (Å²) in [5.41, 5.74) is 1.26. The van der Waals surface area contributed by atoms with Crippen molar-refractivity contribution in [2.24, 2.45) is 0 Å². The highest BCUT2D eigenvalue weighted by Crippen LogP contribution is 2.21. The van der Waals surface area contributed by atoms with Crippen LogP contribution in [0.25, 0.3) is 0 Å². The Morgan fingerprint density at radius 2 is 1.89 bits per heavy atom. The molecule has 1 aromatic carbocycles. The van der Waals surface area contributed by atoms with Crippen molar-refractivity contribution in [2.45, 2.75) is 17.9 Å². The zero-order chi connectivity index (χ0) is 14.0. The van der Waals surface area contributed by atoms with Crippen LogP contribution < -0.4 is 0 Å². The fraction of sp³-hybridized carbons (Fsp3) is 0.143. The van der Waals surface area contributed by atoms with E-state index in [-0.39, 0.29) is 10.6 Å². The van der Waals surface area contributed by atoms with Crippen molar-refractivity contribution in [1.29, 1.82) is 0 Å². The van der Waals surface area contributed by atoms with Gasteiger partial charge in [0.1, 0.15) is 6.10 Å². The molecule has 2 aromatic rings. The summed E-state index contributed by atoms with van der Waals surface area (Å²) in [6, 6.07) is 9.70. The maximum atomic E-state index is 12.5. The monoisotopic (exact) mass is 277 g/mol. The quantitative estimate of drug-likeness (QED) is 0.872. The first-order valence-electron chi connectivity index (χ1n) is 5.77. The van der Waals surface area contributed by atoms with E-state index in [0.29, 0.717) is 0 Å². The van der Waals surface area contributed by atoms with Crippen LogP contribution in [0.4, 0.5) is 0 Å². The Hall–Kier alpha value is -1.85. The lowest BCUT2D eigenvalue weighted by Crippen LogP contribution is -2.16. The van der Waals surface area contributed by atoms with E-state index < -0.39 is 16.1 Å². The molecule has 0 fully saturated rings. The number of aliphatic hydroxyl groups is 1. The molecule has 1 aromatic heterocycles. The molecule has 2 rings (SSSR count). The normalized spacial score (nSPS) is 13.2. The number of aryl methyl sites for hydroxylation is 1. The van der Waals surface area contributed by atoms with Crippen molar-refractivity contribution in [2.75, 3.05) is 0 Å². The molecule has 0 spiro atoms. The smallest absolute Gasteiger partial charge is 0.267 e. The molecule has 0 radical (unpaired) electrons. The number of aromatic nitrogens is 1. The van der Waals surface area contributed by atoms with E-state index in [2.05, 4.69) is 6.58 Å². The molecular formula is C14H15NO3S. The third-order valence-electron chi connectivity index (χ3n) is 2.85. The first-order valence-corrected chi connectivity index (χ1v) is 7.21. The van der Waals surface area contributed by atoms with Crippen molar-refractivity contribution < 1.29 is 13.5 Å². The maximum Gasteiger partial charge on any atom is 0.267 e. The minimum Gasteiger partial charge on any atom is -0.383 e. The second-order valence-electron chi connectivity index (χ2n) is 4.23. The van der Waals surface area contributed by atoms with Crippen molar-refractivity contribution in [3.63, 3.8) is 0 Å². The molecule has 0 saturated carbocycles. The Morgan fingerprint density at radius 3 is 2.47 bits per heavy atom. The van der Waals surface area contributed by atoms with Gasteiger partial charge in [-0.15, -0.1) is 6.58 Å². The van der Waals surface area contributed by atoms with Gasteiger partial charge in [0, 0.05) is 6.20 Å². The van der Waals surface area contributed by atoms with Crippen LogP contribution in [0.1, 0.15) is 17.4 Å². The van der Waals surface area contributed by atoms with Crippen LogP contribution in [0.2, 0.25) is 0 Å². The second-order valence-corrected chi connectivity index (χ2v) is 6.04. The number of nitrogens with zero attached hydrogens (tertiary/aromatic N) is 1. The van der Waals surface area contributed by atoms with Crippen LogP contribution in [-0.4, -0.2) is 17.5 Å². The molecule has 4 nitrogen and oxygen atoms in total. The van der Waals surface area contributed by atoms with Crippen LogP contribution in [0.3, 0.4) is 0 Å². The summed E-state index contributed by atoms with van der Waals surface area (Å²) in [4.78, 5) is 0.187. The topological polar surface area (TPSA) is 59.3 Å². The minimum absolute atomic E-state index is 0.187. The Bertz CT molecular complexity index is 684. The van der Waals surface area contributed by atoms with Gasteiger partial charge in [0.15, 0.2) is 0 Å². The Balaban J connectivity index is 2.54. The molecule has 1 unspecified atom stereocenters. The lowest BCUT2D eigenvalue weighted by Gasteiger charge is -2.12. The van der Waals surface area contributed by atoms with E-state index in [1.54, 1.807) is 36.4 Å². The number of benzene rings is 1. The van der Waals surface area contributed by atoms with Gasteiger partial charge < -0.3 is 5.11 Å². The molecule has 0 amide bonds. The summed E-state index contributed by atoms with van der Waals surface area (Å²) in [6.45, 7) is 5.35. The molecule has 1 heterocycles. The fourth-order valence-electron chi connectivity index (χ4n) is 1.77. The van der Waals surface area contributed by atoms with Crippen LogP contribution in [-0.2, 0) is 10.0 Å². The van der Waals surface area contributed by atoms with Gasteiger partial charge in [-0.25, -0.2) is 12.4 Å². The largest absolute Gasteiger partial charge is 0.383 e. The molecule has 0 aliphatic rings. The molecule has 1 atom stereocenters. The molecule has 0 saturated heterocycles. The van der Waals surface area contributed by atoms with Gasteiger partial charge in [-0.1, -0.05) is 23.8 Å². The minimum atomic E-state index is -3.69. The molecule has 100 valence electrons. The highest BCUT2D eigenvalue weighted by atomic mass is 32.2. The van der Waals surface area contributed by atoms with Gasteiger partial charge >= 0.3 is 0 Å². The van der Waals surface area contributed by atoms with Crippen molar-refractivity contribution in [1.82, 2.24) is 3.97 Å². The van der Waals surface area contributed by atoms with Crippen molar-refractivity contribution >= 4 is 10.0 Å². The van der Waals surface area contributed by atoms with E-state index in [1.165, 1.54) is 12.3 Å². The average molecular weight is 277 g/mol. The summed E-state index contributed by atoms with van der Waals surface area (Å²) in [5, 5.41) is 9.75. The number of hydrogen-bond acceptors (Lipinski definition) is 3. The Kier molecular flexibility index (Phi) is 3.59. The highest BCUT2D eigenvalue weighted by molar-refractivity contribution is 7.90. The molecule has 19 heavy (non-hydrogen) atoms. The zero-order valence-electron chi connectivity index (χ0n) is 10.5. The number of aliphatic hydroxyl groups excluding tert-OH is 1. The van der Waals surface area contributed by atoms with Crippen molar-refractivity contribution in [3.8, 4) is 0 Å². The van der Waals surface area contributed by atoms with Crippen LogP contribution in [0.15, 0.2) is 60.1 Å². The van der Waals surface area contributed by atoms with E-state index in [0.717, 1.165) is 9.54 Å². The average Bonchev–Trinajstić information content (AvgIpc) is 2.88. The molecule has 0 bridgehead atoms. The van der Waals surface area contributed by atoms with E-state index >= 15 is 0 Å². The summed E-state index contributed by atoms with van der Waals surface area (Å²) >= 11 is 0. The van der Waals surface area contributed by atoms with Gasteiger partial charge in [-0.2, -0.15) is 0 Å². The van der Waals surface area contributed by atoms with Crippen LogP contribution >= 0.6 is 0 Å². The van der Waals surface area contributed by atoms with E-state index in [9.17, 15) is 13.5 Å². The van der Waals surface area contributed by atoms with Crippen LogP contribution in [0, 0.1) is 6.92 Å². The zero-order valence-corrected chi connectivity index (χ0v) is 11.3. The van der Waals surface area contributed by atoms with E-state index in [1.807, 2.05) is 6.92 Å². The van der Waals surface area contributed by atoms with Crippen molar-refractivity contribution in [3.05, 3.63) is 66.5 Å². The third kappa shape index (κ3) is 2.47. The summed E-state index contributed by atoms with van der Waals surface area (Å²) < 4.78 is 26.0. The highest BCUT2D eigenvalue weighted by Gasteiger charge is 2.21. The van der Waals surface area contributed by atoms with E-state index in [4.69, 9.17) is 0 Å². The standard InChI is InChI=1S/C14H15NO3S/c1-3-14(16)13-5-4-10-15(13)19(17,18)12-8-6-11(2)7-9-12/h3-10,14,16H,1H2,2H3. The lowest BCUT2D eigenvalue weighted by molar-refractivity contribution is 0.223. The van der Waals surface area contributed by atoms with Gasteiger partial charge in [0.2, 0.25) is 0 Å². The molecule has 0 aliphatic carbocycles. The predicted molar refractivity (Wildman–Crippen MR) is 73.4 cm³/mol. The fourth-order valence-corrected chi connectivity index (χ4v) is 3.16. The first-order chi connectivity index (χ1) is 8.96. The lowest BCUT2D eigenvalue weighted by atomic mass is 10.2. The first kappa shape index (κ1) is 13.6. The Morgan fingerprint density at radius 1 is 1.26 bits per heavy atom. The second kappa shape index (κ2) is 5.03. The van der Waals surface area contributed by atoms with Gasteiger partial charge in [0.05, 0.1) is 10.6 Å². The van der Waals surface area contributed by atoms with Gasteiger partial charge in [-0.3, -0.25) is 0 Å². The molecule has 1 N–H and O–H groups in total. The van der Waals surface area contributed by atoms with Crippen LogP contribution in [0.5, 0.6) is 0 Å². The predicted octanol–water partition coefficient (Wildman–Crippen LogP) is 2.25. The summed E-state index contributed by atoms with van der Waals surface area (Å²) in [5.74, 6) is 0. The van der Waals surface area contributed by atoms with Gasteiger partial charge in [-0.05, 0) is 31.2 Å².